The average Bonchev–Trinajstić information content (AvgIpc) is 3.25. The predicted molar refractivity (Wildman–Crippen MR) is 114 cm³/mol. The van der Waals surface area contributed by atoms with Crippen LogP contribution in [0.3, 0.4) is 0 Å². The molecule has 4 heteroatoms. The van der Waals surface area contributed by atoms with E-state index in [1.165, 1.54) is 50.1 Å². The van der Waals surface area contributed by atoms with Gasteiger partial charge in [-0.1, -0.05) is 11.6 Å². The number of aromatic nitrogens is 2. The zero-order valence-corrected chi connectivity index (χ0v) is 16.8. The van der Waals surface area contributed by atoms with Crippen LogP contribution in [0.25, 0.3) is 27.7 Å². The van der Waals surface area contributed by atoms with E-state index in [1.54, 1.807) is 11.3 Å². The Labute approximate surface area is 163 Å². The normalized spacial score (nSPS) is 14.6. The Morgan fingerprint density at radius 2 is 1.89 bits per heavy atom. The average molecular weight is 374 g/mol. The number of fused-ring (bicyclic) bond motifs is 3. The van der Waals surface area contributed by atoms with Crippen LogP contribution < -0.4 is 0 Å². The van der Waals surface area contributed by atoms with E-state index in [0.717, 1.165) is 19.5 Å². The van der Waals surface area contributed by atoms with Gasteiger partial charge in [-0.3, -0.25) is 4.98 Å². The molecule has 0 amide bonds. The SMILES string of the molecule is Cc1cc(C)c2c(c1)c1c(n2-c2cscc2-c2ccncc2)CCN(C)C1. The molecule has 5 rings (SSSR count). The third-order valence-electron chi connectivity index (χ3n) is 5.64. The number of hydrogen-bond donors (Lipinski definition) is 0. The number of hydrogen-bond acceptors (Lipinski definition) is 3. The van der Waals surface area contributed by atoms with Crippen molar-refractivity contribution >= 4 is 22.2 Å². The van der Waals surface area contributed by atoms with Crippen LogP contribution in [0.15, 0.2) is 47.4 Å². The van der Waals surface area contributed by atoms with Crippen LogP contribution >= 0.6 is 11.3 Å². The van der Waals surface area contributed by atoms with Crippen LogP contribution in [0, 0.1) is 13.8 Å². The summed E-state index contributed by atoms with van der Waals surface area (Å²) in [4.78, 5) is 6.62. The van der Waals surface area contributed by atoms with Gasteiger partial charge in [0.2, 0.25) is 0 Å². The molecule has 0 unspecified atom stereocenters. The zero-order chi connectivity index (χ0) is 18.5. The minimum Gasteiger partial charge on any atom is -0.311 e. The Hall–Kier alpha value is -2.43. The lowest BCUT2D eigenvalue weighted by Gasteiger charge is -2.24. The Kier molecular flexibility index (Phi) is 3.92. The maximum absolute atomic E-state index is 4.19. The van der Waals surface area contributed by atoms with Crippen LogP contribution in [-0.2, 0) is 13.0 Å². The lowest BCUT2D eigenvalue weighted by molar-refractivity contribution is 0.311. The smallest absolute Gasteiger partial charge is 0.0644 e. The van der Waals surface area contributed by atoms with Crippen LogP contribution in [-0.4, -0.2) is 28.0 Å². The molecule has 0 bridgehead atoms. The van der Waals surface area contributed by atoms with Gasteiger partial charge >= 0.3 is 0 Å². The molecule has 3 aromatic heterocycles. The van der Waals surface area contributed by atoms with Crippen molar-refractivity contribution in [3.05, 3.63) is 69.8 Å². The zero-order valence-electron chi connectivity index (χ0n) is 16.0. The predicted octanol–water partition coefficient (Wildman–Crippen LogP) is 5.36. The molecule has 0 spiro atoms. The molecule has 1 aliphatic rings. The van der Waals surface area contributed by atoms with Gasteiger partial charge in [0.1, 0.15) is 0 Å². The van der Waals surface area contributed by atoms with Crippen LogP contribution in [0.5, 0.6) is 0 Å². The van der Waals surface area contributed by atoms with E-state index in [0.29, 0.717) is 0 Å². The van der Waals surface area contributed by atoms with Gasteiger partial charge in [0, 0.05) is 59.3 Å². The molecule has 0 fully saturated rings. The summed E-state index contributed by atoms with van der Waals surface area (Å²) in [5.74, 6) is 0. The standard InChI is InChI=1S/C23H23N3S/c1-15-10-16(2)23-18(11-15)19-12-25(3)9-6-21(19)26(23)22-14-27-13-20(22)17-4-7-24-8-5-17/h4-5,7-8,10-11,13-14H,6,9,12H2,1-3H3. The fourth-order valence-corrected chi connectivity index (χ4v) is 5.30. The monoisotopic (exact) mass is 373 g/mol. The first kappa shape index (κ1) is 16.7. The first-order chi connectivity index (χ1) is 13.1. The quantitative estimate of drug-likeness (QED) is 0.472. The van der Waals surface area contributed by atoms with Crippen molar-refractivity contribution in [1.82, 2.24) is 14.5 Å². The summed E-state index contributed by atoms with van der Waals surface area (Å²) in [6.07, 6.45) is 4.85. The van der Waals surface area contributed by atoms with E-state index < -0.39 is 0 Å². The van der Waals surface area contributed by atoms with Crippen molar-refractivity contribution in [2.45, 2.75) is 26.8 Å². The third kappa shape index (κ3) is 2.63. The minimum atomic E-state index is 1.02. The Morgan fingerprint density at radius 3 is 2.70 bits per heavy atom. The molecule has 3 nitrogen and oxygen atoms in total. The van der Waals surface area contributed by atoms with E-state index in [4.69, 9.17) is 0 Å². The highest BCUT2D eigenvalue weighted by Crippen LogP contribution is 2.39. The molecule has 4 heterocycles. The summed E-state index contributed by atoms with van der Waals surface area (Å²) in [7, 11) is 2.22. The molecular formula is C23H23N3S. The summed E-state index contributed by atoms with van der Waals surface area (Å²) in [5.41, 5.74) is 10.9. The maximum atomic E-state index is 4.19. The molecule has 1 aromatic carbocycles. The van der Waals surface area contributed by atoms with Gasteiger partial charge in [0.15, 0.2) is 0 Å². The Balaban J connectivity index is 1.85. The molecule has 136 valence electrons. The summed E-state index contributed by atoms with van der Waals surface area (Å²) in [6, 6.07) is 8.89. The van der Waals surface area contributed by atoms with Crippen molar-refractivity contribution in [2.24, 2.45) is 0 Å². The highest BCUT2D eigenvalue weighted by molar-refractivity contribution is 7.08. The van der Waals surface area contributed by atoms with Gasteiger partial charge in [0.25, 0.3) is 0 Å². The minimum absolute atomic E-state index is 1.02. The van der Waals surface area contributed by atoms with Crippen molar-refractivity contribution in [3.8, 4) is 16.8 Å². The fraction of sp³-hybridized carbons (Fsp3) is 0.261. The first-order valence-corrected chi connectivity index (χ1v) is 10.4. The summed E-state index contributed by atoms with van der Waals surface area (Å²) >= 11 is 1.78. The number of aryl methyl sites for hydroxylation is 2. The lowest BCUT2D eigenvalue weighted by atomic mass is 10.0. The molecule has 0 aliphatic carbocycles. The number of benzene rings is 1. The van der Waals surface area contributed by atoms with Gasteiger partial charge in [-0.25, -0.2) is 0 Å². The Bertz CT molecular complexity index is 1140. The number of pyridine rings is 1. The summed E-state index contributed by atoms with van der Waals surface area (Å²) in [5, 5.41) is 5.98. The summed E-state index contributed by atoms with van der Waals surface area (Å²) in [6.45, 7) is 6.59. The molecule has 0 atom stereocenters. The van der Waals surface area contributed by atoms with Crippen LogP contribution in [0.4, 0.5) is 0 Å². The second-order valence-corrected chi connectivity index (χ2v) is 8.38. The molecular weight excluding hydrogens is 350 g/mol. The number of likely N-dealkylation sites (N-methyl/N-ethyl adjacent to an activating group) is 1. The van der Waals surface area contributed by atoms with Gasteiger partial charge in [0.05, 0.1) is 11.2 Å². The second kappa shape index (κ2) is 6.32. The number of rotatable bonds is 2. The van der Waals surface area contributed by atoms with Gasteiger partial charge in [-0.15, -0.1) is 11.3 Å². The Morgan fingerprint density at radius 1 is 1.07 bits per heavy atom. The van der Waals surface area contributed by atoms with Gasteiger partial charge in [-0.05, 0) is 55.8 Å². The molecule has 0 saturated heterocycles. The van der Waals surface area contributed by atoms with Crippen molar-refractivity contribution in [1.29, 1.82) is 0 Å². The highest BCUT2D eigenvalue weighted by Gasteiger charge is 2.25. The van der Waals surface area contributed by atoms with Crippen molar-refractivity contribution in [3.63, 3.8) is 0 Å². The molecule has 4 aromatic rings. The highest BCUT2D eigenvalue weighted by atomic mass is 32.1. The van der Waals surface area contributed by atoms with Crippen LogP contribution in [0.2, 0.25) is 0 Å². The first-order valence-electron chi connectivity index (χ1n) is 9.42. The van der Waals surface area contributed by atoms with E-state index in [9.17, 15) is 0 Å². The molecule has 27 heavy (non-hydrogen) atoms. The largest absolute Gasteiger partial charge is 0.311 e. The van der Waals surface area contributed by atoms with Crippen molar-refractivity contribution in [2.75, 3.05) is 13.6 Å². The van der Waals surface area contributed by atoms with Crippen molar-refractivity contribution < 1.29 is 0 Å². The number of nitrogens with zero attached hydrogens (tertiary/aromatic N) is 3. The molecule has 0 saturated carbocycles. The molecule has 1 aliphatic heterocycles. The maximum Gasteiger partial charge on any atom is 0.0644 e. The van der Waals surface area contributed by atoms with Crippen LogP contribution in [0.1, 0.15) is 22.4 Å². The molecule has 0 N–H and O–H groups in total. The van der Waals surface area contributed by atoms with E-state index in [1.807, 2.05) is 12.4 Å². The summed E-state index contributed by atoms with van der Waals surface area (Å²) < 4.78 is 2.54. The molecule has 0 radical (unpaired) electrons. The second-order valence-electron chi connectivity index (χ2n) is 7.63. The topological polar surface area (TPSA) is 21.1 Å². The van der Waals surface area contributed by atoms with E-state index in [2.05, 4.69) is 70.4 Å². The van der Waals surface area contributed by atoms with Gasteiger partial charge < -0.3 is 9.47 Å². The number of thiophene rings is 1. The third-order valence-corrected chi connectivity index (χ3v) is 6.38. The lowest BCUT2D eigenvalue weighted by Crippen LogP contribution is -2.27. The van der Waals surface area contributed by atoms with Gasteiger partial charge in [-0.2, -0.15) is 0 Å². The fourth-order valence-electron chi connectivity index (χ4n) is 4.47. The van der Waals surface area contributed by atoms with E-state index >= 15 is 0 Å². The van der Waals surface area contributed by atoms with E-state index in [-0.39, 0.29) is 0 Å².